The fraction of sp³-hybridized carbons (Fsp3) is 0.261. The summed E-state index contributed by atoms with van der Waals surface area (Å²) in [6, 6.07) is 15.0. The van der Waals surface area contributed by atoms with Crippen molar-refractivity contribution in [1.82, 2.24) is 9.97 Å². The minimum absolute atomic E-state index is 0.00748. The monoisotopic (exact) mass is 438 g/mol. The minimum atomic E-state index is -3.82. The van der Waals surface area contributed by atoms with Crippen LogP contribution in [0.15, 0.2) is 59.5 Å². The van der Waals surface area contributed by atoms with Crippen molar-refractivity contribution in [1.29, 1.82) is 0 Å². The van der Waals surface area contributed by atoms with Crippen LogP contribution in [0.4, 0.5) is 11.5 Å². The molecule has 0 saturated heterocycles. The molecule has 1 heterocycles. The van der Waals surface area contributed by atoms with Crippen LogP contribution in [0.5, 0.6) is 0 Å². The first-order chi connectivity index (χ1) is 14.4. The van der Waals surface area contributed by atoms with Crippen molar-refractivity contribution in [3.63, 3.8) is 0 Å². The lowest BCUT2D eigenvalue weighted by Gasteiger charge is -2.19. The van der Waals surface area contributed by atoms with Gasteiger partial charge in [-0.3, -0.25) is 9.52 Å². The number of carbonyl (C=O) groups is 1. The molecule has 0 spiro atoms. The van der Waals surface area contributed by atoms with Crippen LogP contribution in [0.2, 0.25) is 0 Å². The number of sulfonamides is 1. The Morgan fingerprint density at radius 2 is 1.52 bits per heavy atom. The standard InChI is InChI=1S/C23H26N4O3S/c1-15-14-21(25-16(2)24-15)27-31(29,30)20-12-10-19(11-13-20)26-22(28)17-6-8-18(9-7-17)23(3,4)5/h6-14H,1-5H3,(H,26,28)(H,24,25,27). The molecular formula is C23H26N4O3S. The number of amides is 1. The Labute approximate surface area is 183 Å². The summed E-state index contributed by atoms with van der Waals surface area (Å²) in [4.78, 5) is 20.8. The van der Waals surface area contributed by atoms with Crippen LogP contribution in [0.25, 0.3) is 0 Å². The van der Waals surface area contributed by atoms with Gasteiger partial charge in [-0.25, -0.2) is 18.4 Å². The smallest absolute Gasteiger partial charge is 0.263 e. The molecule has 162 valence electrons. The molecule has 0 radical (unpaired) electrons. The molecule has 3 aromatic rings. The number of aromatic nitrogens is 2. The van der Waals surface area contributed by atoms with E-state index in [4.69, 9.17) is 0 Å². The Morgan fingerprint density at radius 1 is 0.903 bits per heavy atom. The Morgan fingerprint density at radius 3 is 2.06 bits per heavy atom. The number of carbonyl (C=O) groups excluding carboxylic acids is 1. The quantitative estimate of drug-likeness (QED) is 0.613. The van der Waals surface area contributed by atoms with E-state index in [9.17, 15) is 13.2 Å². The lowest BCUT2D eigenvalue weighted by atomic mass is 9.87. The molecule has 8 heteroatoms. The number of aryl methyl sites for hydroxylation is 2. The van der Waals surface area contributed by atoms with Gasteiger partial charge in [0.15, 0.2) is 0 Å². The van der Waals surface area contributed by atoms with Gasteiger partial charge in [-0.2, -0.15) is 0 Å². The molecular weight excluding hydrogens is 412 g/mol. The highest BCUT2D eigenvalue weighted by molar-refractivity contribution is 7.92. The van der Waals surface area contributed by atoms with E-state index in [2.05, 4.69) is 40.8 Å². The second-order valence-electron chi connectivity index (χ2n) is 8.35. The second kappa shape index (κ2) is 8.47. The lowest BCUT2D eigenvalue weighted by molar-refractivity contribution is 0.102. The average molecular weight is 439 g/mol. The van der Waals surface area contributed by atoms with Crippen molar-refractivity contribution >= 4 is 27.4 Å². The maximum absolute atomic E-state index is 12.6. The second-order valence-corrected chi connectivity index (χ2v) is 10.0. The van der Waals surface area contributed by atoms with Crippen molar-refractivity contribution in [3.05, 3.63) is 77.2 Å². The lowest BCUT2D eigenvalue weighted by Crippen LogP contribution is -2.16. The zero-order chi connectivity index (χ0) is 22.8. The van der Waals surface area contributed by atoms with Crippen LogP contribution < -0.4 is 10.0 Å². The molecule has 1 aromatic heterocycles. The van der Waals surface area contributed by atoms with Crippen molar-refractivity contribution in [2.24, 2.45) is 0 Å². The topological polar surface area (TPSA) is 101 Å². The van der Waals surface area contributed by atoms with Gasteiger partial charge in [-0.1, -0.05) is 32.9 Å². The van der Waals surface area contributed by atoms with Crippen LogP contribution in [0.1, 0.15) is 48.2 Å². The SMILES string of the molecule is Cc1cc(NS(=O)(=O)c2ccc(NC(=O)c3ccc(C(C)(C)C)cc3)cc2)nc(C)n1. The zero-order valence-electron chi connectivity index (χ0n) is 18.2. The fourth-order valence-corrected chi connectivity index (χ4v) is 4.00. The number of benzene rings is 2. The predicted molar refractivity (Wildman–Crippen MR) is 122 cm³/mol. The van der Waals surface area contributed by atoms with Crippen LogP contribution in [-0.2, 0) is 15.4 Å². The molecule has 0 bridgehead atoms. The van der Waals surface area contributed by atoms with Crippen molar-refractivity contribution in [2.45, 2.75) is 44.9 Å². The Kier molecular flexibility index (Phi) is 6.13. The number of nitrogens with zero attached hydrogens (tertiary/aromatic N) is 2. The van der Waals surface area contributed by atoms with Crippen LogP contribution in [0.3, 0.4) is 0 Å². The van der Waals surface area contributed by atoms with Crippen LogP contribution in [0, 0.1) is 13.8 Å². The van der Waals surface area contributed by atoms with E-state index in [0.717, 1.165) is 5.56 Å². The normalized spacial score (nSPS) is 11.8. The molecule has 0 saturated carbocycles. The van der Waals surface area contributed by atoms with Gasteiger partial charge in [0.2, 0.25) is 0 Å². The predicted octanol–water partition coefficient (Wildman–Crippen LogP) is 4.44. The first-order valence-electron chi connectivity index (χ1n) is 9.81. The largest absolute Gasteiger partial charge is 0.322 e. The summed E-state index contributed by atoms with van der Waals surface area (Å²) in [5.74, 6) is 0.425. The van der Waals surface area contributed by atoms with Crippen molar-refractivity contribution < 1.29 is 13.2 Å². The van der Waals surface area contributed by atoms with E-state index >= 15 is 0 Å². The first-order valence-corrected chi connectivity index (χ1v) is 11.3. The van der Waals surface area contributed by atoms with E-state index in [1.54, 1.807) is 44.2 Å². The average Bonchev–Trinajstić information content (AvgIpc) is 2.66. The molecule has 0 aliphatic rings. The van der Waals surface area contributed by atoms with E-state index in [1.807, 2.05) is 12.1 Å². The van der Waals surface area contributed by atoms with Crippen LogP contribution in [-0.4, -0.2) is 24.3 Å². The molecule has 7 nitrogen and oxygen atoms in total. The summed E-state index contributed by atoms with van der Waals surface area (Å²) >= 11 is 0. The Hall–Kier alpha value is -3.26. The molecule has 2 N–H and O–H groups in total. The summed E-state index contributed by atoms with van der Waals surface area (Å²) in [6.45, 7) is 9.79. The minimum Gasteiger partial charge on any atom is -0.322 e. The molecule has 1 amide bonds. The number of nitrogens with one attached hydrogen (secondary N) is 2. The van der Waals surface area contributed by atoms with Gasteiger partial charge in [0, 0.05) is 23.0 Å². The van der Waals surface area contributed by atoms with E-state index < -0.39 is 10.0 Å². The summed E-state index contributed by atoms with van der Waals surface area (Å²) in [6.07, 6.45) is 0. The molecule has 0 aliphatic carbocycles. The van der Waals surface area contributed by atoms with Crippen molar-refractivity contribution in [2.75, 3.05) is 10.0 Å². The molecule has 0 atom stereocenters. The van der Waals surface area contributed by atoms with E-state index in [1.165, 1.54) is 12.1 Å². The molecule has 0 fully saturated rings. The maximum atomic E-state index is 12.6. The van der Waals surface area contributed by atoms with Crippen LogP contribution >= 0.6 is 0 Å². The highest BCUT2D eigenvalue weighted by Crippen LogP contribution is 2.23. The van der Waals surface area contributed by atoms with Gasteiger partial charge >= 0.3 is 0 Å². The van der Waals surface area contributed by atoms with E-state index in [0.29, 0.717) is 22.8 Å². The van der Waals surface area contributed by atoms with Gasteiger partial charge in [0.1, 0.15) is 11.6 Å². The third-order valence-electron chi connectivity index (χ3n) is 4.64. The summed E-state index contributed by atoms with van der Waals surface area (Å²) in [5, 5.41) is 2.78. The summed E-state index contributed by atoms with van der Waals surface area (Å²) in [5.41, 5.74) is 2.84. The maximum Gasteiger partial charge on any atom is 0.263 e. The third-order valence-corrected chi connectivity index (χ3v) is 6.01. The third kappa shape index (κ3) is 5.67. The van der Waals surface area contributed by atoms with Gasteiger partial charge < -0.3 is 5.32 Å². The van der Waals surface area contributed by atoms with Gasteiger partial charge in [0.05, 0.1) is 4.90 Å². The number of anilines is 2. The van der Waals surface area contributed by atoms with Gasteiger partial charge in [0.25, 0.3) is 15.9 Å². The Bertz CT molecular complexity index is 1180. The molecule has 0 unspecified atom stereocenters. The number of hydrogen-bond donors (Lipinski definition) is 2. The molecule has 0 aliphatic heterocycles. The summed E-state index contributed by atoms with van der Waals surface area (Å²) < 4.78 is 27.7. The molecule has 3 rings (SSSR count). The number of hydrogen-bond acceptors (Lipinski definition) is 5. The highest BCUT2D eigenvalue weighted by Gasteiger charge is 2.17. The fourth-order valence-electron chi connectivity index (χ4n) is 3.01. The number of rotatable bonds is 5. The molecule has 2 aromatic carbocycles. The molecule has 31 heavy (non-hydrogen) atoms. The van der Waals surface area contributed by atoms with Gasteiger partial charge in [-0.05, 0) is 61.2 Å². The van der Waals surface area contributed by atoms with Gasteiger partial charge in [-0.15, -0.1) is 0 Å². The zero-order valence-corrected chi connectivity index (χ0v) is 19.0. The summed E-state index contributed by atoms with van der Waals surface area (Å²) in [7, 11) is -3.82. The van der Waals surface area contributed by atoms with E-state index in [-0.39, 0.29) is 22.0 Å². The highest BCUT2D eigenvalue weighted by atomic mass is 32.2. The Balaban J connectivity index is 1.71. The van der Waals surface area contributed by atoms with Crippen molar-refractivity contribution in [3.8, 4) is 0 Å². The first kappa shape index (κ1) is 22.4.